The first-order chi connectivity index (χ1) is 29.2. The van der Waals surface area contributed by atoms with Crippen LogP contribution in [0.5, 0.6) is 0 Å². The van der Waals surface area contributed by atoms with Gasteiger partial charge in [-0.1, -0.05) is 127 Å². The number of benzene rings is 9. The molecule has 0 unspecified atom stereocenters. The molecule has 274 valence electrons. The Bertz CT molecular complexity index is 3870. The van der Waals surface area contributed by atoms with Crippen LogP contribution in [-0.2, 0) is 0 Å². The molecule has 0 aliphatic heterocycles. The summed E-state index contributed by atoms with van der Waals surface area (Å²) in [5.41, 5.74) is 8.97. The van der Waals surface area contributed by atoms with Gasteiger partial charge in [-0.15, -0.1) is 0 Å². The lowest BCUT2D eigenvalue weighted by molar-refractivity contribution is 0.666. The van der Waals surface area contributed by atoms with Gasteiger partial charge in [-0.05, 0) is 76.1 Å². The van der Waals surface area contributed by atoms with Crippen molar-refractivity contribution in [1.29, 1.82) is 0 Å². The number of para-hydroxylation sites is 3. The topological polar surface area (TPSA) is 69.9 Å². The normalized spacial score (nSPS) is 12.1. The van der Waals surface area contributed by atoms with Crippen LogP contribution in [0.4, 0.5) is 0 Å². The first-order valence-electron chi connectivity index (χ1n) is 19.8. The fraction of sp³-hybridized carbons (Fsp3) is 0. The Balaban J connectivity index is 1.10. The molecule has 13 rings (SSSR count). The third-order valence-corrected chi connectivity index (χ3v) is 11.8. The van der Waals surface area contributed by atoms with Crippen LogP contribution in [0.2, 0.25) is 0 Å². The Hall–Kier alpha value is -8.09. The van der Waals surface area contributed by atoms with Crippen molar-refractivity contribution in [3.05, 3.63) is 182 Å². The minimum absolute atomic E-state index is 0.555. The van der Waals surface area contributed by atoms with Gasteiger partial charge in [0, 0.05) is 49.0 Å². The zero-order chi connectivity index (χ0) is 38.6. The van der Waals surface area contributed by atoms with E-state index in [1.165, 1.54) is 21.5 Å². The Morgan fingerprint density at radius 2 is 0.983 bits per heavy atom. The summed E-state index contributed by atoms with van der Waals surface area (Å²) in [6, 6.07) is 63.3. The molecule has 0 aliphatic carbocycles. The van der Waals surface area contributed by atoms with Gasteiger partial charge in [-0.2, -0.15) is 0 Å². The maximum absolute atomic E-state index is 6.91. The van der Waals surface area contributed by atoms with Crippen LogP contribution >= 0.6 is 0 Å². The third-order valence-electron chi connectivity index (χ3n) is 11.8. The first-order valence-corrected chi connectivity index (χ1v) is 19.8. The average Bonchev–Trinajstić information content (AvgIpc) is 3.97. The molecule has 6 heteroatoms. The second-order valence-electron chi connectivity index (χ2n) is 15.1. The third kappa shape index (κ3) is 4.77. The zero-order valence-electron chi connectivity index (χ0n) is 31.4. The molecule has 4 aromatic heterocycles. The summed E-state index contributed by atoms with van der Waals surface area (Å²) in [5, 5.41) is 11.0. The number of furan rings is 2. The highest BCUT2D eigenvalue weighted by molar-refractivity contribution is 6.18. The quantitative estimate of drug-likeness (QED) is 0.179. The summed E-state index contributed by atoms with van der Waals surface area (Å²) in [4.78, 5) is 15.8. The number of aromatic nitrogens is 4. The van der Waals surface area contributed by atoms with Gasteiger partial charge in [0.25, 0.3) is 0 Å². The lowest BCUT2D eigenvalue weighted by Crippen LogP contribution is -2.01. The lowest BCUT2D eigenvalue weighted by Gasteiger charge is -2.13. The summed E-state index contributed by atoms with van der Waals surface area (Å²) >= 11 is 0. The summed E-state index contributed by atoms with van der Waals surface area (Å²) in [7, 11) is 0. The van der Waals surface area contributed by atoms with Crippen molar-refractivity contribution in [1.82, 2.24) is 19.5 Å². The smallest absolute Gasteiger partial charge is 0.164 e. The van der Waals surface area contributed by atoms with E-state index < -0.39 is 0 Å². The number of rotatable bonds is 4. The standard InChI is InChI=1S/C53H30N4O2/c1-2-14-33-29-45-42(28-32(33)13-1)36-17-5-8-21-43(36)57(45)44-27-26-41(49-40-19-7-10-23-47(40)59-50(44)49)53-55-51(34-24-25-38-37-18-6-9-22-46(37)58-48(38)30-34)54-52(56-53)39-20-11-15-31-12-3-4-16-35(31)39/h1-30H. The molecule has 0 saturated carbocycles. The Labute approximate surface area is 336 Å². The molecule has 13 aromatic rings. The Morgan fingerprint density at radius 1 is 0.356 bits per heavy atom. The molecule has 0 N–H and O–H groups in total. The van der Waals surface area contributed by atoms with Crippen molar-refractivity contribution in [2.75, 3.05) is 0 Å². The fourth-order valence-electron chi connectivity index (χ4n) is 9.12. The molecule has 0 bridgehead atoms. The maximum Gasteiger partial charge on any atom is 0.164 e. The minimum atomic E-state index is 0.555. The summed E-state index contributed by atoms with van der Waals surface area (Å²) in [6.07, 6.45) is 0. The van der Waals surface area contributed by atoms with Crippen LogP contribution in [0, 0.1) is 0 Å². The summed E-state index contributed by atoms with van der Waals surface area (Å²) < 4.78 is 15.6. The molecule has 4 heterocycles. The molecular weight excluding hydrogens is 725 g/mol. The lowest BCUT2D eigenvalue weighted by atomic mass is 10.0. The van der Waals surface area contributed by atoms with Crippen molar-refractivity contribution in [2.45, 2.75) is 0 Å². The second kappa shape index (κ2) is 12.2. The van der Waals surface area contributed by atoms with Gasteiger partial charge in [-0.25, -0.2) is 15.0 Å². The highest BCUT2D eigenvalue weighted by Gasteiger charge is 2.24. The monoisotopic (exact) mass is 754 g/mol. The van der Waals surface area contributed by atoms with Crippen LogP contribution in [0.15, 0.2) is 191 Å². The summed E-state index contributed by atoms with van der Waals surface area (Å²) in [6.45, 7) is 0. The molecule has 0 radical (unpaired) electrons. The van der Waals surface area contributed by atoms with E-state index >= 15 is 0 Å². The van der Waals surface area contributed by atoms with Gasteiger partial charge in [0.15, 0.2) is 23.1 Å². The van der Waals surface area contributed by atoms with Crippen LogP contribution in [0.1, 0.15) is 0 Å². The summed E-state index contributed by atoms with van der Waals surface area (Å²) in [5.74, 6) is 1.70. The van der Waals surface area contributed by atoms with E-state index in [1.807, 2.05) is 36.4 Å². The molecule has 0 spiro atoms. The van der Waals surface area contributed by atoms with Crippen molar-refractivity contribution < 1.29 is 8.83 Å². The van der Waals surface area contributed by atoms with Crippen LogP contribution in [-0.4, -0.2) is 19.5 Å². The molecule has 59 heavy (non-hydrogen) atoms. The molecule has 0 aliphatic rings. The molecule has 0 saturated heterocycles. The van der Waals surface area contributed by atoms with Crippen molar-refractivity contribution in [3.63, 3.8) is 0 Å². The van der Waals surface area contributed by atoms with E-state index in [9.17, 15) is 0 Å². The zero-order valence-corrected chi connectivity index (χ0v) is 31.4. The van der Waals surface area contributed by atoms with Gasteiger partial charge >= 0.3 is 0 Å². The van der Waals surface area contributed by atoms with Gasteiger partial charge in [0.05, 0.1) is 16.7 Å². The molecule has 0 fully saturated rings. The molecule has 9 aromatic carbocycles. The minimum Gasteiger partial charge on any atom is -0.456 e. The van der Waals surface area contributed by atoms with Crippen LogP contribution < -0.4 is 0 Å². The molecular formula is C53H30N4O2. The van der Waals surface area contributed by atoms with Crippen molar-refractivity contribution >= 4 is 87.2 Å². The Kier molecular flexibility index (Phi) is 6.63. The van der Waals surface area contributed by atoms with Crippen LogP contribution in [0.25, 0.3) is 127 Å². The SMILES string of the molecule is c1ccc2cc3c(cc2c1)c1ccccc1n3-c1ccc(-c2nc(-c3ccc4c(c3)oc3ccccc34)nc(-c3cccc4ccccc34)n2)c2c1oc1ccccc12. The Morgan fingerprint density at radius 3 is 1.83 bits per heavy atom. The van der Waals surface area contributed by atoms with Gasteiger partial charge in [0.2, 0.25) is 0 Å². The maximum atomic E-state index is 6.91. The van der Waals surface area contributed by atoms with E-state index in [0.29, 0.717) is 17.5 Å². The average molecular weight is 755 g/mol. The number of hydrogen-bond donors (Lipinski definition) is 0. The molecule has 0 atom stereocenters. The van der Waals surface area contributed by atoms with Gasteiger partial charge in [-0.3, -0.25) is 0 Å². The van der Waals surface area contributed by atoms with E-state index in [2.05, 4.69) is 150 Å². The van der Waals surface area contributed by atoms with E-state index in [4.69, 9.17) is 23.8 Å². The highest BCUT2D eigenvalue weighted by Crippen LogP contribution is 2.43. The van der Waals surface area contributed by atoms with E-state index in [-0.39, 0.29) is 0 Å². The highest BCUT2D eigenvalue weighted by atomic mass is 16.3. The largest absolute Gasteiger partial charge is 0.456 e. The fourth-order valence-corrected chi connectivity index (χ4v) is 9.12. The van der Waals surface area contributed by atoms with E-state index in [1.54, 1.807) is 0 Å². The van der Waals surface area contributed by atoms with Crippen molar-refractivity contribution in [3.8, 4) is 39.9 Å². The first kappa shape index (κ1) is 32.0. The predicted molar refractivity (Wildman–Crippen MR) is 240 cm³/mol. The number of fused-ring (bicyclic) bond motifs is 11. The number of nitrogens with zero attached hydrogens (tertiary/aromatic N) is 4. The second-order valence-corrected chi connectivity index (χ2v) is 15.1. The van der Waals surface area contributed by atoms with Gasteiger partial charge < -0.3 is 13.4 Å². The van der Waals surface area contributed by atoms with Crippen LogP contribution in [0.3, 0.4) is 0 Å². The predicted octanol–water partition coefficient (Wildman–Crippen LogP) is 14.1. The molecule has 0 amide bonds. The van der Waals surface area contributed by atoms with Crippen molar-refractivity contribution in [2.24, 2.45) is 0 Å². The number of hydrogen-bond acceptors (Lipinski definition) is 5. The van der Waals surface area contributed by atoms with E-state index in [0.717, 1.165) is 88.1 Å². The molecule has 6 nitrogen and oxygen atoms in total. The van der Waals surface area contributed by atoms with Gasteiger partial charge in [0.1, 0.15) is 16.7 Å².